The molecule has 10 nitrogen and oxygen atoms in total. The third-order valence-corrected chi connectivity index (χ3v) is 8.79. The summed E-state index contributed by atoms with van der Waals surface area (Å²) in [5.74, 6) is -0.325. The van der Waals surface area contributed by atoms with E-state index in [4.69, 9.17) is 9.26 Å². The van der Waals surface area contributed by atoms with Gasteiger partial charge in [0.1, 0.15) is 12.7 Å². The number of carbonyl (C=O) groups excluding carboxylic acids is 1. The van der Waals surface area contributed by atoms with Crippen LogP contribution in [0.4, 0.5) is 23.2 Å². The number of piperidine rings is 1. The molecule has 236 valence electrons. The second kappa shape index (κ2) is 12.8. The Labute approximate surface area is 254 Å². The Morgan fingerprint density at radius 3 is 2.77 bits per heavy atom. The third-order valence-electron chi connectivity index (χ3n) is 7.87. The number of anilines is 1. The summed E-state index contributed by atoms with van der Waals surface area (Å²) >= 11 is 1.50. The zero-order chi connectivity index (χ0) is 30.8. The van der Waals surface area contributed by atoms with Gasteiger partial charge < -0.3 is 29.4 Å². The van der Waals surface area contributed by atoms with Crippen LogP contribution in [0.2, 0.25) is 0 Å². The summed E-state index contributed by atoms with van der Waals surface area (Å²) in [6.45, 7) is 3.42. The molecule has 2 atom stereocenters. The molecule has 2 aliphatic heterocycles. The highest BCUT2D eigenvalue weighted by molar-refractivity contribution is 7.10. The van der Waals surface area contributed by atoms with Crippen molar-refractivity contribution < 1.29 is 31.6 Å². The Kier molecular flexibility index (Phi) is 8.89. The van der Waals surface area contributed by atoms with Crippen molar-refractivity contribution in [2.45, 2.75) is 44.4 Å². The lowest BCUT2D eigenvalue weighted by molar-refractivity contribution is -0.139. The number of hydrogen-bond acceptors (Lipinski definition) is 9. The minimum atomic E-state index is -4.52. The van der Waals surface area contributed by atoms with E-state index in [1.54, 1.807) is 29.6 Å². The van der Waals surface area contributed by atoms with Crippen molar-refractivity contribution in [1.82, 2.24) is 29.8 Å². The van der Waals surface area contributed by atoms with Gasteiger partial charge in [-0.2, -0.15) is 18.2 Å². The van der Waals surface area contributed by atoms with Gasteiger partial charge in [-0.05, 0) is 37.7 Å². The van der Waals surface area contributed by atoms with Crippen LogP contribution in [0.5, 0.6) is 0 Å². The number of alkyl halides is 4. The van der Waals surface area contributed by atoms with Gasteiger partial charge in [-0.25, -0.2) is 4.39 Å². The van der Waals surface area contributed by atoms with Gasteiger partial charge in [-0.3, -0.25) is 9.69 Å². The van der Waals surface area contributed by atoms with Crippen molar-refractivity contribution in [3.63, 3.8) is 0 Å². The molecule has 0 bridgehead atoms. The number of amides is 1. The predicted octanol–water partition coefficient (Wildman–Crippen LogP) is 4.53. The average Bonchev–Trinajstić information content (AvgIpc) is 3.73. The summed E-state index contributed by atoms with van der Waals surface area (Å²) in [7, 11) is 1.85. The predicted molar refractivity (Wildman–Crippen MR) is 157 cm³/mol. The van der Waals surface area contributed by atoms with E-state index in [2.05, 4.69) is 25.7 Å². The Morgan fingerprint density at radius 1 is 1.18 bits per heavy atom. The van der Waals surface area contributed by atoms with Crippen molar-refractivity contribution in [2.75, 3.05) is 51.8 Å². The minimum Gasteiger partial charge on any atom is -0.379 e. The number of halogens is 4. The summed E-state index contributed by atoms with van der Waals surface area (Å²) in [5.41, 5.74) is 1.43. The molecule has 2 aliphatic rings. The molecule has 5 heterocycles. The quantitative estimate of drug-likeness (QED) is 0.259. The fourth-order valence-corrected chi connectivity index (χ4v) is 6.52. The molecule has 0 aliphatic carbocycles. The number of benzene rings is 1. The van der Waals surface area contributed by atoms with E-state index in [1.807, 2.05) is 18.0 Å². The van der Waals surface area contributed by atoms with Crippen LogP contribution in [0.15, 0.2) is 40.2 Å². The SMILES string of the molecule is CN1CC[C@@H](Nc2cccc3c2cc(-c2noc(CNC(=O)c4csc(CN5CCOCC5)c4)n2)n3CC(F)(F)F)[C@@H](F)C1. The zero-order valence-corrected chi connectivity index (χ0v) is 24.9. The molecule has 1 amide bonds. The van der Waals surface area contributed by atoms with E-state index in [0.717, 1.165) is 29.1 Å². The first-order valence-electron chi connectivity index (χ1n) is 14.4. The van der Waals surface area contributed by atoms with Gasteiger partial charge >= 0.3 is 6.18 Å². The first kappa shape index (κ1) is 30.5. The lowest BCUT2D eigenvalue weighted by Gasteiger charge is -2.33. The first-order valence-corrected chi connectivity index (χ1v) is 15.3. The Hall–Kier alpha value is -3.53. The molecule has 2 saturated heterocycles. The third kappa shape index (κ3) is 7.06. The number of thiophene rings is 1. The summed E-state index contributed by atoms with van der Waals surface area (Å²) in [5, 5.41) is 12.2. The average molecular weight is 636 g/mol. The fraction of sp³-hybridized carbons (Fsp3) is 0.483. The van der Waals surface area contributed by atoms with Crippen LogP contribution in [0, 0.1) is 0 Å². The van der Waals surface area contributed by atoms with Gasteiger partial charge in [0.25, 0.3) is 5.91 Å². The number of carbonyl (C=O) groups is 1. The van der Waals surface area contributed by atoms with Gasteiger partial charge in [0.05, 0.1) is 42.6 Å². The number of aromatic nitrogens is 3. The van der Waals surface area contributed by atoms with Crippen LogP contribution in [0.1, 0.15) is 27.5 Å². The monoisotopic (exact) mass is 635 g/mol. The number of nitrogens with one attached hydrogen (secondary N) is 2. The highest BCUT2D eigenvalue weighted by atomic mass is 32.1. The molecule has 2 N–H and O–H groups in total. The lowest BCUT2D eigenvalue weighted by atomic mass is 10.0. The number of morpholine rings is 1. The molecule has 0 spiro atoms. The topological polar surface area (TPSA) is 101 Å². The van der Waals surface area contributed by atoms with Crippen LogP contribution < -0.4 is 10.6 Å². The lowest BCUT2D eigenvalue weighted by Crippen LogP contribution is -2.46. The molecule has 6 rings (SSSR count). The van der Waals surface area contributed by atoms with Crippen molar-refractivity contribution in [2.24, 2.45) is 0 Å². The Bertz CT molecular complexity index is 1600. The van der Waals surface area contributed by atoms with Crippen molar-refractivity contribution in [1.29, 1.82) is 0 Å². The molecule has 0 radical (unpaired) electrons. The number of hydrogen-bond donors (Lipinski definition) is 2. The van der Waals surface area contributed by atoms with Crippen molar-refractivity contribution in [3.8, 4) is 11.5 Å². The summed E-state index contributed by atoms with van der Waals surface area (Å²) < 4.78 is 67.6. The molecule has 0 unspecified atom stereocenters. The zero-order valence-electron chi connectivity index (χ0n) is 24.1. The summed E-state index contributed by atoms with van der Waals surface area (Å²) in [6, 6.07) is 7.87. The molecule has 4 aromatic rings. The second-order valence-corrected chi connectivity index (χ2v) is 12.2. The first-order chi connectivity index (χ1) is 21.1. The molecule has 44 heavy (non-hydrogen) atoms. The summed E-state index contributed by atoms with van der Waals surface area (Å²) in [4.78, 5) is 22.3. The number of ether oxygens (including phenoxy) is 1. The van der Waals surface area contributed by atoms with Gasteiger partial charge in [0.15, 0.2) is 0 Å². The number of nitrogens with zero attached hydrogens (tertiary/aromatic N) is 5. The summed E-state index contributed by atoms with van der Waals surface area (Å²) in [6.07, 6.45) is -5.09. The van der Waals surface area contributed by atoms with Crippen LogP contribution in [-0.2, 0) is 24.4 Å². The van der Waals surface area contributed by atoms with Crippen LogP contribution in [0.25, 0.3) is 22.4 Å². The smallest absolute Gasteiger partial charge is 0.379 e. The molecule has 3 aromatic heterocycles. The Morgan fingerprint density at radius 2 is 2.00 bits per heavy atom. The maximum atomic E-state index is 14.8. The molecular formula is C29H33F4N7O3S. The molecular weight excluding hydrogens is 602 g/mol. The highest BCUT2D eigenvalue weighted by Gasteiger charge is 2.32. The number of rotatable bonds is 9. The molecule has 15 heteroatoms. The van der Waals surface area contributed by atoms with Gasteiger partial charge in [-0.15, -0.1) is 11.3 Å². The van der Waals surface area contributed by atoms with E-state index >= 15 is 0 Å². The number of fused-ring (bicyclic) bond motifs is 1. The standard InChI is InChI=1S/C29H33F4N7O3S/c1-38-6-5-23(21(30)15-38)35-22-3-2-4-24-20(22)12-25(40(24)17-29(31,32)33)27-36-26(43-37-27)13-34-28(41)18-11-19(44-16-18)14-39-7-9-42-10-8-39/h2-4,11-12,16,21,23,35H,5-10,13-15,17H2,1H3,(H,34,41)/t21-,23+/m0/s1. The number of likely N-dealkylation sites (tertiary alicyclic amines) is 1. The van der Waals surface area contributed by atoms with Crippen LogP contribution >= 0.6 is 11.3 Å². The Balaban J connectivity index is 1.18. The van der Waals surface area contributed by atoms with Gasteiger partial charge in [0.2, 0.25) is 11.7 Å². The van der Waals surface area contributed by atoms with E-state index in [0.29, 0.717) is 48.3 Å². The van der Waals surface area contributed by atoms with Gasteiger partial charge in [-0.1, -0.05) is 11.2 Å². The normalized spacial score (nSPS) is 20.3. The molecule has 0 saturated carbocycles. The highest BCUT2D eigenvalue weighted by Crippen LogP contribution is 2.35. The van der Waals surface area contributed by atoms with E-state index in [-0.39, 0.29) is 36.4 Å². The van der Waals surface area contributed by atoms with E-state index in [1.165, 1.54) is 11.3 Å². The van der Waals surface area contributed by atoms with Crippen LogP contribution in [-0.4, -0.2) is 95.2 Å². The maximum Gasteiger partial charge on any atom is 0.406 e. The van der Waals surface area contributed by atoms with Crippen LogP contribution in [0.3, 0.4) is 0 Å². The van der Waals surface area contributed by atoms with E-state index in [9.17, 15) is 22.4 Å². The second-order valence-electron chi connectivity index (χ2n) is 11.2. The van der Waals surface area contributed by atoms with Crippen molar-refractivity contribution >= 4 is 33.8 Å². The largest absolute Gasteiger partial charge is 0.406 e. The van der Waals surface area contributed by atoms with Gasteiger partial charge in [0, 0.05) is 54.1 Å². The molecule has 1 aromatic carbocycles. The fourth-order valence-electron chi connectivity index (χ4n) is 5.62. The molecule has 2 fully saturated rings. The maximum absolute atomic E-state index is 14.8. The minimum absolute atomic E-state index is 0.0471. The van der Waals surface area contributed by atoms with Crippen molar-refractivity contribution in [3.05, 3.63) is 52.0 Å². The van der Waals surface area contributed by atoms with E-state index < -0.39 is 24.9 Å².